The summed E-state index contributed by atoms with van der Waals surface area (Å²) in [5, 5.41) is 0. The number of ether oxygens (including phenoxy) is 1. The van der Waals surface area contributed by atoms with E-state index in [9.17, 15) is 0 Å². The Morgan fingerprint density at radius 2 is 1.94 bits per heavy atom. The highest BCUT2D eigenvalue weighted by molar-refractivity contribution is 9.10. The molecule has 0 saturated carbocycles. The minimum atomic E-state index is 0.455. The highest BCUT2D eigenvalue weighted by atomic mass is 79.9. The first-order valence-corrected chi connectivity index (χ1v) is 6.71. The van der Waals surface area contributed by atoms with Gasteiger partial charge in [-0.15, -0.1) is 0 Å². The van der Waals surface area contributed by atoms with Gasteiger partial charge in [0.15, 0.2) is 0 Å². The molecule has 0 atom stereocenters. The molecule has 17 heavy (non-hydrogen) atoms. The third-order valence-corrected chi connectivity index (χ3v) is 3.42. The first-order chi connectivity index (χ1) is 8.36. The Labute approximate surface area is 111 Å². The maximum atomic E-state index is 5.56. The molecule has 1 saturated heterocycles. The average Bonchev–Trinajstić information content (AvgIpc) is 2.84. The van der Waals surface area contributed by atoms with Crippen molar-refractivity contribution in [3.63, 3.8) is 0 Å². The SMILES string of the molecule is Brc1ccccc1OCC#CCN1CCCC1. The van der Waals surface area contributed by atoms with Crippen molar-refractivity contribution in [3.05, 3.63) is 28.7 Å². The van der Waals surface area contributed by atoms with Gasteiger partial charge in [0.25, 0.3) is 0 Å². The highest BCUT2D eigenvalue weighted by Gasteiger charge is 2.08. The zero-order valence-corrected chi connectivity index (χ0v) is 11.4. The van der Waals surface area contributed by atoms with Crippen LogP contribution in [-0.2, 0) is 0 Å². The van der Waals surface area contributed by atoms with E-state index in [2.05, 4.69) is 32.7 Å². The molecular weight excluding hydrogens is 278 g/mol. The smallest absolute Gasteiger partial charge is 0.149 e. The second-order valence-electron chi connectivity index (χ2n) is 4.06. The molecule has 1 aromatic rings. The van der Waals surface area contributed by atoms with Crippen molar-refractivity contribution in [1.82, 2.24) is 4.90 Å². The fourth-order valence-corrected chi connectivity index (χ4v) is 2.23. The quantitative estimate of drug-likeness (QED) is 0.795. The van der Waals surface area contributed by atoms with E-state index in [1.807, 2.05) is 24.3 Å². The zero-order chi connectivity index (χ0) is 11.9. The van der Waals surface area contributed by atoms with Crippen molar-refractivity contribution in [3.8, 4) is 17.6 Å². The van der Waals surface area contributed by atoms with E-state index in [0.717, 1.165) is 16.8 Å². The Morgan fingerprint density at radius 1 is 1.18 bits per heavy atom. The first kappa shape index (κ1) is 12.5. The number of rotatable bonds is 3. The molecule has 0 unspecified atom stereocenters. The lowest BCUT2D eigenvalue weighted by Crippen LogP contribution is -2.19. The molecule has 0 radical (unpaired) electrons. The van der Waals surface area contributed by atoms with E-state index in [-0.39, 0.29) is 0 Å². The van der Waals surface area contributed by atoms with Crippen molar-refractivity contribution in [2.45, 2.75) is 12.8 Å². The van der Waals surface area contributed by atoms with E-state index in [0.29, 0.717) is 6.61 Å². The standard InChI is InChI=1S/C14H16BrNO/c15-13-7-1-2-8-14(13)17-12-6-5-11-16-9-3-4-10-16/h1-2,7-8H,3-4,9-12H2. The van der Waals surface area contributed by atoms with Gasteiger partial charge >= 0.3 is 0 Å². The third kappa shape index (κ3) is 4.07. The predicted octanol–water partition coefficient (Wildman–Crippen LogP) is 2.93. The highest BCUT2D eigenvalue weighted by Crippen LogP contribution is 2.23. The summed E-state index contributed by atoms with van der Waals surface area (Å²) in [5.41, 5.74) is 0. The van der Waals surface area contributed by atoms with Crippen LogP contribution in [0.4, 0.5) is 0 Å². The van der Waals surface area contributed by atoms with Gasteiger partial charge in [-0.1, -0.05) is 24.0 Å². The fraction of sp³-hybridized carbons (Fsp3) is 0.429. The molecule has 1 aliphatic heterocycles. The maximum Gasteiger partial charge on any atom is 0.149 e. The number of likely N-dealkylation sites (tertiary alicyclic amines) is 1. The van der Waals surface area contributed by atoms with E-state index >= 15 is 0 Å². The van der Waals surface area contributed by atoms with Gasteiger partial charge in [-0.05, 0) is 54.0 Å². The minimum absolute atomic E-state index is 0.455. The van der Waals surface area contributed by atoms with E-state index in [4.69, 9.17) is 4.74 Å². The van der Waals surface area contributed by atoms with Crippen molar-refractivity contribution in [1.29, 1.82) is 0 Å². The van der Waals surface area contributed by atoms with Gasteiger partial charge in [0, 0.05) is 0 Å². The third-order valence-electron chi connectivity index (χ3n) is 2.76. The molecule has 1 heterocycles. The Morgan fingerprint density at radius 3 is 2.71 bits per heavy atom. The van der Waals surface area contributed by atoms with E-state index in [1.165, 1.54) is 25.9 Å². The molecule has 2 rings (SSSR count). The number of halogens is 1. The molecule has 0 aliphatic carbocycles. The normalized spacial score (nSPS) is 15.4. The molecule has 90 valence electrons. The summed E-state index contributed by atoms with van der Waals surface area (Å²) in [6, 6.07) is 7.83. The summed E-state index contributed by atoms with van der Waals surface area (Å²) in [7, 11) is 0. The van der Waals surface area contributed by atoms with Crippen LogP contribution in [0.15, 0.2) is 28.7 Å². The number of hydrogen-bond acceptors (Lipinski definition) is 2. The lowest BCUT2D eigenvalue weighted by atomic mass is 10.3. The lowest BCUT2D eigenvalue weighted by Gasteiger charge is -2.08. The molecule has 0 N–H and O–H groups in total. The van der Waals surface area contributed by atoms with E-state index < -0.39 is 0 Å². The summed E-state index contributed by atoms with van der Waals surface area (Å²) < 4.78 is 6.54. The van der Waals surface area contributed by atoms with Crippen molar-refractivity contribution in [2.24, 2.45) is 0 Å². The van der Waals surface area contributed by atoms with E-state index in [1.54, 1.807) is 0 Å². The largest absolute Gasteiger partial charge is 0.480 e. The molecular formula is C14H16BrNO. The Balaban J connectivity index is 1.72. The molecule has 2 nitrogen and oxygen atoms in total. The van der Waals surface area contributed by atoms with Crippen LogP contribution in [0.3, 0.4) is 0 Å². The molecule has 3 heteroatoms. The number of benzene rings is 1. The first-order valence-electron chi connectivity index (χ1n) is 5.91. The molecule has 1 aromatic carbocycles. The lowest BCUT2D eigenvalue weighted by molar-refractivity contribution is 0.365. The molecule has 0 amide bonds. The monoisotopic (exact) mass is 293 g/mol. The summed E-state index contributed by atoms with van der Waals surface area (Å²) in [6.07, 6.45) is 2.63. The second kappa shape index (κ2) is 6.68. The van der Waals surface area contributed by atoms with Crippen LogP contribution in [0.1, 0.15) is 12.8 Å². The van der Waals surface area contributed by atoms with Gasteiger partial charge in [-0.25, -0.2) is 0 Å². The van der Waals surface area contributed by atoms with Gasteiger partial charge in [-0.3, -0.25) is 4.90 Å². The number of nitrogens with zero attached hydrogens (tertiary/aromatic N) is 1. The molecule has 1 aliphatic rings. The van der Waals surface area contributed by atoms with Crippen LogP contribution in [0, 0.1) is 11.8 Å². The van der Waals surface area contributed by atoms with Crippen molar-refractivity contribution >= 4 is 15.9 Å². The topological polar surface area (TPSA) is 12.5 Å². The van der Waals surface area contributed by atoms with Crippen LogP contribution in [0.2, 0.25) is 0 Å². The predicted molar refractivity (Wildman–Crippen MR) is 73.1 cm³/mol. The fourth-order valence-electron chi connectivity index (χ4n) is 1.84. The Kier molecular flexibility index (Phi) is 4.90. The second-order valence-corrected chi connectivity index (χ2v) is 4.91. The van der Waals surface area contributed by atoms with Crippen molar-refractivity contribution < 1.29 is 4.74 Å². The van der Waals surface area contributed by atoms with Gasteiger partial charge in [0.05, 0.1) is 11.0 Å². The zero-order valence-electron chi connectivity index (χ0n) is 9.79. The molecule has 0 aromatic heterocycles. The summed E-state index contributed by atoms with van der Waals surface area (Å²) >= 11 is 3.44. The van der Waals surface area contributed by atoms with Crippen molar-refractivity contribution in [2.75, 3.05) is 26.2 Å². The summed E-state index contributed by atoms with van der Waals surface area (Å²) in [5.74, 6) is 7.06. The van der Waals surface area contributed by atoms with Crippen LogP contribution in [-0.4, -0.2) is 31.1 Å². The maximum absolute atomic E-state index is 5.56. The van der Waals surface area contributed by atoms with Crippen LogP contribution >= 0.6 is 15.9 Å². The molecule has 0 spiro atoms. The molecule has 1 fully saturated rings. The van der Waals surface area contributed by atoms with Gasteiger partial charge in [-0.2, -0.15) is 0 Å². The Bertz CT molecular complexity index is 416. The average molecular weight is 294 g/mol. The number of hydrogen-bond donors (Lipinski definition) is 0. The minimum Gasteiger partial charge on any atom is -0.480 e. The molecule has 0 bridgehead atoms. The van der Waals surface area contributed by atoms with Gasteiger partial charge in [0.2, 0.25) is 0 Å². The summed E-state index contributed by atoms with van der Waals surface area (Å²) in [4.78, 5) is 2.38. The van der Waals surface area contributed by atoms with Crippen LogP contribution in [0.5, 0.6) is 5.75 Å². The summed E-state index contributed by atoms with van der Waals surface area (Å²) in [6.45, 7) is 3.72. The van der Waals surface area contributed by atoms with Gasteiger partial charge < -0.3 is 4.74 Å². The van der Waals surface area contributed by atoms with Gasteiger partial charge in [0.1, 0.15) is 12.4 Å². The Hall–Kier alpha value is -0.980. The van der Waals surface area contributed by atoms with Crippen LogP contribution < -0.4 is 4.74 Å². The number of para-hydroxylation sites is 1. The van der Waals surface area contributed by atoms with Crippen LogP contribution in [0.25, 0.3) is 0 Å².